The Bertz CT molecular complexity index is 740. The molecule has 1 aromatic heterocycles. The van der Waals surface area contributed by atoms with Gasteiger partial charge >= 0.3 is 0 Å². The van der Waals surface area contributed by atoms with Crippen LogP contribution in [0.25, 0.3) is 0 Å². The third-order valence-electron chi connectivity index (χ3n) is 5.67. The van der Waals surface area contributed by atoms with Crippen LogP contribution in [0.1, 0.15) is 57.1 Å². The first-order valence-corrected chi connectivity index (χ1v) is 10.4. The lowest BCUT2D eigenvalue weighted by Gasteiger charge is -2.37. The van der Waals surface area contributed by atoms with Crippen LogP contribution in [0.3, 0.4) is 0 Å². The highest BCUT2D eigenvalue weighted by molar-refractivity contribution is 5.84. The molecule has 28 heavy (non-hydrogen) atoms. The van der Waals surface area contributed by atoms with E-state index >= 15 is 0 Å². The standard InChI is InChI=1S/C20H31N5O3/c1-14-12-17(26)24-20(23-14)22-11-10-21-19(28)15-8-9-18(27)25(13-15)16-6-4-2-3-5-7-16/h12,15-16H,2-11,13H2,1H3,(H,21,28)(H2,22,23,24,26)/t15-/m0/s1. The van der Waals surface area contributed by atoms with Gasteiger partial charge in [0, 0.05) is 43.9 Å². The van der Waals surface area contributed by atoms with Crippen LogP contribution < -0.4 is 16.2 Å². The van der Waals surface area contributed by atoms with Crippen molar-refractivity contribution >= 4 is 17.8 Å². The fourth-order valence-corrected chi connectivity index (χ4v) is 4.18. The van der Waals surface area contributed by atoms with Gasteiger partial charge in [0.05, 0.1) is 5.92 Å². The number of H-pyrrole nitrogens is 1. The van der Waals surface area contributed by atoms with Crippen LogP contribution in [0, 0.1) is 12.8 Å². The Balaban J connectivity index is 1.45. The molecule has 2 fully saturated rings. The van der Waals surface area contributed by atoms with Gasteiger partial charge in [0.1, 0.15) is 0 Å². The fraction of sp³-hybridized carbons (Fsp3) is 0.700. The van der Waals surface area contributed by atoms with Gasteiger partial charge in [-0.05, 0) is 26.2 Å². The molecule has 0 spiro atoms. The topological polar surface area (TPSA) is 107 Å². The summed E-state index contributed by atoms with van der Waals surface area (Å²) in [5.74, 6) is 0.464. The van der Waals surface area contributed by atoms with E-state index in [4.69, 9.17) is 0 Å². The number of aryl methyl sites for hydroxylation is 1. The van der Waals surface area contributed by atoms with E-state index in [0.717, 1.165) is 12.8 Å². The van der Waals surface area contributed by atoms with Gasteiger partial charge in [0.25, 0.3) is 5.56 Å². The number of hydrogen-bond donors (Lipinski definition) is 3. The van der Waals surface area contributed by atoms with Crippen LogP contribution in [0.2, 0.25) is 0 Å². The minimum atomic E-state index is -0.204. The van der Waals surface area contributed by atoms with E-state index in [0.29, 0.717) is 50.2 Å². The van der Waals surface area contributed by atoms with E-state index in [9.17, 15) is 14.4 Å². The summed E-state index contributed by atoms with van der Waals surface area (Å²) in [6.07, 6.45) is 8.04. The lowest BCUT2D eigenvalue weighted by Crippen LogP contribution is -2.50. The van der Waals surface area contributed by atoms with E-state index < -0.39 is 0 Å². The number of rotatable bonds is 6. The van der Waals surface area contributed by atoms with Crippen molar-refractivity contribution in [1.29, 1.82) is 0 Å². The van der Waals surface area contributed by atoms with Crippen LogP contribution in [0.15, 0.2) is 10.9 Å². The second-order valence-electron chi connectivity index (χ2n) is 7.88. The summed E-state index contributed by atoms with van der Waals surface area (Å²) in [6.45, 7) is 3.20. The summed E-state index contributed by atoms with van der Waals surface area (Å²) >= 11 is 0. The Morgan fingerprint density at radius 1 is 1.18 bits per heavy atom. The number of amides is 2. The number of hydrogen-bond acceptors (Lipinski definition) is 5. The van der Waals surface area contributed by atoms with Crippen LogP contribution >= 0.6 is 0 Å². The second kappa shape index (κ2) is 9.71. The Labute approximate surface area is 165 Å². The average molecular weight is 390 g/mol. The maximum atomic E-state index is 12.6. The molecular weight excluding hydrogens is 358 g/mol. The fourth-order valence-electron chi connectivity index (χ4n) is 4.18. The number of carbonyl (C=O) groups excluding carboxylic acids is 2. The molecule has 8 nitrogen and oxygen atoms in total. The highest BCUT2D eigenvalue weighted by atomic mass is 16.2. The van der Waals surface area contributed by atoms with Gasteiger partial charge in [-0.3, -0.25) is 19.4 Å². The minimum Gasteiger partial charge on any atom is -0.354 e. The molecule has 3 N–H and O–H groups in total. The van der Waals surface area contributed by atoms with Gasteiger partial charge in [-0.15, -0.1) is 0 Å². The van der Waals surface area contributed by atoms with E-state index in [1.165, 1.54) is 31.7 Å². The van der Waals surface area contributed by atoms with Gasteiger partial charge in [-0.1, -0.05) is 25.7 Å². The molecule has 1 aliphatic carbocycles. The number of aromatic nitrogens is 2. The third-order valence-corrected chi connectivity index (χ3v) is 5.67. The van der Waals surface area contributed by atoms with Crippen molar-refractivity contribution in [3.05, 3.63) is 22.1 Å². The number of aromatic amines is 1. The molecule has 2 aliphatic rings. The van der Waals surface area contributed by atoms with Crippen molar-refractivity contribution in [2.75, 3.05) is 25.0 Å². The number of nitrogens with one attached hydrogen (secondary N) is 3. The molecule has 1 aromatic rings. The predicted octanol–water partition coefficient (Wildman–Crippen LogP) is 1.57. The highest BCUT2D eigenvalue weighted by Gasteiger charge is 2.34. The van der Waals surface area contributed by atoms with E-state index in [1.807, 2.05) is 4.90 Å². The second-order valence-corrected chi connectivity index (χ2v) is 7.88. The van der Waals surface area contributed by atoms with Crippen LogP contribution in [0.5, 0.6) is 0 Å². The lowest BCUT2D eigenvalue weighted by atomic mass is 9.93. The first kappa shape index (κ1) is 20.4. The first-order chi connectivity index (χ1) is 13.5. The Kier molecular flexibility index (Phi) is 7.06. The van der Waals surface area contributed by atoms with Gasteiger partial charge in [0.2, 0.25) is 17.8 Å². The van der Waals surface area contributed by atoms with Crippen molar-refractivity contribution in [1.82, 2.24) is 20.2 Å². The zero-order chi connectivity index (χ0) is 19.9. The molecule has 2 heterocycles. The normalized spacial score (nSPS) is 21.2. The summed E-state index contributed by atoms with van der Waals surface area (Å²) in [5, 5.41) is 5.96. The summed E-state index contributed by atoms with van der Waals surface area (Å²) in [6, 6.07) is 1.73. The molecule has 3 rings (SSSR count). The van der Waals surface area contributed by atoms with Crippen molar-refractivity contribution in [3.63, 3.8) is 0 Å². The molecule has 1 saturated carbocycles. The van der Waals surface area contributed by atoms with Crippen molar-refractivity contribution in [2.24, 2.45) is 5.92 Å². The molecule has 8 heteroatoms. The van der Waals surface area contributed by atoms with E-state index in [2.05, 4.69) is 20.6 Å². The number of anilines is 1. The van der Waals surface area contributed by atoms with Gasteiger partial charge in [-0.25, -0.2) is 4.98 Å². The van der Waals surface area contributed by atoms with Crippen LogP contribution in [-0.4, -0.2) is 52.4 Å². The molecule has 0 bridgehead atoms. The number of nitrogens with zero attached hydrogens (tertiary/aromatic N) is 2. The quantitative estimate of drug-likeness (QED) is 0.506. The molecule has 1 aliphatic heterocycles. The number of piperidine rings is 1. The van der Waals surface area contributed by atoms with E-state index in [1.54, 1.807) is 6.92 Å². The average Bonchev–Trinajstić information content (AvgIpc) is 2.94. The molecule has 2 amide bonds. The number of likely N-dealkylation sites (tertiary alicyclic amines) is 1. The zero-order valence-corrected chi connectivity index (χ0v) is 16.6. The Hall–Kier alpha value is -2.38. The van der Waals surface area contributed by atoms with Gasteiger partial charge in [0.15, 0.2) is 0 Å². The van der Waals surface area contributed by atoms with E-state index in [-0.39, 0.29) is 23.3 Å². The molecule has 1 atom stereocenters. The van der Waals surface area contributed by atoms with Crippen LogP contribution in [-0.2, 0) is 9.59 Å². The zero-order valence-electron chi connectivity index (χ0n) is 16.6. The maximum absolute atomic E-state index is 12.6. The summed E-state index contributed by atoms with van der Waals surface area (Å²) in [4.78, 5) is 45.2. The number of carbonyl (C=O) groups is 2. The maximum Gasteiger partial charge on any atom is 0.252 e. The summed E-state index contributed by atoms with van der Waals surface area (Å²) < 4.78 is 0. The lowest BCUT2D eigenvalue weighted by molar-refractivity contribution is -0.141. The summed E-state index contributed by atoms with van der Waals surface area (Å²) in [5.41, 5.74) is 0.435. The van der Waals surface area contributed by atoms with Crippen molar-refractivity contribution < 1.29 is 9.59 Å². The smallest absolute Gasteiger partial charge is 0.252 e. The van der Waals surface area contributed by atoms with Gasteiger partial charge < -0.3 is 15.5 Å². The largest absolute Gasteiger partial charge is 0.354 e. The van der Waals surface area contributed by atoms with Crippen molar-refractivity contribution in [2.45, 2.75) is 64.3 Å². The molecule has 0 unspecified atom stereocenters. The molecule has 0 radical (unpaired) electrons. The predicted molar refractivity (Wildman–Crippen MR) is 107 cm³/mol. The minimum absolute atomic E-state index is 0.00128. The molecular formula is C20H31N5O3. The Morgan fingerprint density at radius 2 is 1.93 bits per heavy atom. The summed E-state index contributed by atoms with van der Waals surface area (Å²) in [7, 11) is 0. The monoisotopic (exact) mass is 389 g/mol. The Morgan fingerprint density at radius 3 is 2.64 bits per heavy atom. The third kappa shape index (κ3) is 5.56. The van der Waals surface area contributed by atoms with Crippen LogP contribution in [0.4, 0.5) is 5.95 Å². The van der Waals surface area contributed by atoms with Crippen molar-refractivity contribution in [3.8, 4) is 0 Å². The first-order valence-electron chi connectivity index (χ1n) is 10.4. The molecule has 1 saturated heterocycles. The van der Waals surface area contributed by atoms with Gasteiger partial charge in [-0.2, -0.15) is 0 Å². The SMILES string of the molecule is Cc1cc(=O)[nH]c(NCCNC(=O)[C@H]2CCC(=O)N(C3CCCCCC3)C2)n1. The molecule has 154 valence electrons. The molecule has 0 aromatic carbocycles. The highest BCUT2D eigenvalue weighted by Crippen LogP contribution is 2.27.